The molecule has 0 amide bonds. The Morgan fingerprint density at radius 3 is 2.07 bits per heavy atom. The first-order valence-electron chi connectivity index (χ1n) is 5.06. The Kier molecular flexibility index (Phi) is 1.79. The number of aromatic amines is 1. The molecule has 2 nitrogen and oxygen atoms in total. The van der Waals surface area contributed by atoms with Crippen LogP contribution in [-0.4, -0.2) is 9.55 Å². The van der Waals surface area contributed by atoms with Crippen LogP contribution >= 0.6 is 12.2 Å². The van der Waals surface area contributed by atoms with Crippen molar-refractivity contribution in [1.82, 2.24) is 9.55 Å². The lowest BCUT2D eigenvalue weighted by Gasteiger charge is -2.06. The summed E-state index contributed by atoms with van der Waals surface area (Å²) in [4.78, 5) is 3.11. The van der Waals surface area contributed by atoms with E-state index >= 15 is 0 Å². The number of hydrogen-bond donors (Lipinski definition) is 1. The number of imidazole rings is 1. The van der Waals surface area contributed by atoms with Crippen LogP contribution in [0.2, 0.25) is 0 Å². The van der Waals surface area contributed by atoms with Gasteiger partial charge in [0.2, 0.25) is 0 Å². The number of aryl methyl sites for hydroxylation is 1. The smallest absolute Gasteiger partial charge is 0.177 e. The van der Waals surface area contributed by atoms with Crippen LogP contribution in [0.1, 0.15) is 39.4 Å². The van der Waals surface area contributed by atoms with E-state index in [0.717, 1.165) is 4.77 Å². The van der Waals surface area contributed by atoms with E-state index in [1.165, 1.54) is 5.69 Å². The molecule has 1 aliphatic carbocycles. The second-order valence-electron chi connectivity index (χ2n) is 5.45. The molecule has 0 unspecified atom stereocenters. The molecule has 0 aromatic carbocycles. The molecule has 1 aromatic rings. The number of hydrogen-bond acceptors (Lipinski definition) is 1. The Morgan fingerprint density at radius 2 is 1.79 bits per heavy atom. The summed E-state index contributed by atoms with van der Waals surface area (Å²) < 4.78 is 3.11. The van der Waals surface area contributed by atoms with Crippen LogP contribution in [-0.2, 0) is 0 Å². The number of H-pyrrole nitrogens is 1. The average Bonchev–Trinajstić information content (AvgIpc) is 2.37. The molecule has 0 radical (unpaired) electrons. The van der Waals surface area contributed by atoms with Crippen LogP contribution in [0, 0.1) is 22.5 Å². The second kappa shape index (κ2) is 2.51. The van der Waals surface area contributed by atoms with E-state index < -0.39 is 0 Å². The molecule has 0 aliphatic heterocycles. The lowest BCUT2D eigenvalue weighted by atomic mass is 10.0. The molecule has 1 aromatic heterocycles. The zero-order valence-corrected chi connectivity index (χ0v) is 10.3. The third-order valence-electron chi connectivity index (χ3n) is 4.21. The maximum atomic E-state index is 5.30. The maximum absolute atomic E-state index is 5.30. The predicted octanol–water partition coefficient (Wildman–Crippen LogP) is 3.46. The molecule has 78 valence electrons. The molecule has 0 saturated heterocycles. The maximum Gasteiger partial charge on any atom is 0.177 e. The SMILES string of the molecule is Cc1c[nH]c(=S)n1C1C(C)(C)C1(C)C. The monoisotopic (exact) mass is 210 g/mol. The van der Waals surface area contributed by atoms with Crippen molar-refractivity contribution in [3.8, 4) is 0 Å². The molecule has 1 aliphatic rings. The van der Waals surface area contributed by atoms with Gasteiger partial charge in [-0.05, 0) is 30.0 Å². The number of nitrogens with zero attached hydrogens (tertiary/aromatic N) is 1. The van der Waals surface area contributed by atoms with Crippen LogP contribution < -0.4 is 0 Å². The van der Waals surface area contributed by atoms with E-state index in [1.807, 2.05) is 6.20 Å². The average molecular weight is 210 g/mol. The van der Waals surface area contributed by atoms with Gasteiger partial charge >= 0.3 is 0 Å². The van der Waals surface area contributed by atoms with Gasteiger partial charge < -0.3 is 9.55 Å². The normalized spacial score (nSPS) is 23.8. The van der Waals surface area contributed by atoms with E-state index in [1.54, 1.807) is 0 Å². The first-order chi connectivity index (χ1) is 6.30. The molecule has 14 heavy (non-hydrogen) atoms. The first kappa shape index (κ1) is 9.97. The highest BCUT2D eigenvalue weighted by Gasteiger charge is 2.66. The van der Waals surface area contributed by atoms with Gasteiger partial charge in [0.25, 0.3) is 0 Å². The minimum absolute atomic E-state index is 0.345. The summed E-state index contributed by atoms with van der Waals surface area (Å²) in [5, 5.41) is 0. The number of aromatic nitrogens is 2. The minimum Gasteiger partial charge on any atom is -0.337 e. The highest BCUT2D eigenvalue weighted by Crippen LogP contribution is 2.71. The molecule has 1 N–H and O–H groups in total. The lowest BCUT2D eigenvalue weighted by molar-refractivity contribution is 0.457. The van der Waals surface area contributed by atoms with Crippen molar-refractivity contribution in [2.24, 2.45) is 10.8 Å². The predicted molar refractivity (Wildman–Crippen MR) is 61.0 cm³/mol. The summed E-state index contributed by atoms with van der Waals surface area (Å²) in [6.45, 7) is 11.4. The highest BCUT2D eigenvalue weighted by atomic mass is 32.1. The Labute approximate surface area is 90.3 Å². The molecule has 1 saturated carbocycles. The van der Waals surface area contributed by atoms with E-state index in [4.69, 9.17) is 12.2 Å². The van der Waals surface area contributed by atoms with Crippen molar-refractivity contribution in [2.45, 2.75) is 40.7 Å². The van der Waals surface area contributed by atoms with Crippen molar-refractivity contribution in [3.63, 3.8) is 0 Å². The molecular formula is C11H18N2S. The molecule has 0 atom stereocenters. The zero-order chi connectivity index (χ0) is 10.7. The molecule has 0 bridgehead atoms. The summed E-state index contributed by atoms with van der Waals surface area (Å²) in [5.74, 6) is 0. The van der Waals surface area contributed by atoms with Gasteiger partial charge in [0.15, 0.2) is 4.77 Å². The van der Waals surface area contributed by atoms with E-state index in [9.17, 15) is 0 Å². The van der Waals surface area contributed by atoms with Gasteiger partial charge in [-0.3, -0.25) is 0 Å². The van der Waals surface area contributed by atoms with Crippen molar-refractivity contribution in [3.05, 3.63) is 16.7 Å². The molecule has 1 heterocycles. The molecule has 3 heteroatoms. The standard InChI is InChI=1S/C11H18N2S/c1-7-6-12-9(14)13(7)8-10(2,3)11(8,4)5/h6,8H,1-5H3,(H,12,14). The van der Waals surface area contributed by atoms with Gasteiger partial charge in [-0.15, -0.1) is 0 Å². The Hall–Kier alpha value is -0.570. The van der Waals surface area contributed by atoms with Crippen LogP contribution in [0.25, 0.3) is 0 Å². The van der Waals surface area contributed by atoms with Crippen LogP contribution in [0.4, 0.5) is 0 Å². The minimum atomic E-state index is 0.345. The summed E-state index contributed by atoms with van der Waals surface area (Å²) >= 11 is 5.30. The largest absolute Gasteiger partial charge is 0.337 e. The fourth-order valence-electron chi connectivity index (χ4n) is 2.59. The van der Waals surface area contributed by atoms with Gasteiger partial charge in [-0.25, -0.2) is 0 Å². The highest BCUT2D eigenvalue weighted by molar-refractivity contribution is 7.71. The van der Waals surface area contributed by atoms with Gasteiger partial charge in [0.1, 0.15) is 0 Å². The topological polar surface area (TPSA) is 20.7 Å². The number of nitrogens with one attached hydrogen (secondary N) is 1. The first-order valence-corrected chi connectivity index (χ1v) is 5.47. The second-order valence-corrected chi connectivity index (χ2v) is 5.84. The fraction of sp³-hybridized carbons (Fsp3) is 0.727. The third kappa shape index (κ3) is 0.991. The van der Waals surface area contributed by atoms with E-state index in [0.29, 0.717) is 16.9 Å². The van der Waals surface area contributed by atoms with Crippen LogP contribution in [0.5, 0.6) is 0 Å². The van der Waals surface area contributed by atoms with Crippen molar-refractivity contribution >= 4 is 12.2 Å². The van der Waals surface area contributed by atoms with Gasteiger partial charge in [-0.2, -0.15) is 0 Å². The summed E-state index contributed by atoms with van der Waals surface area (Å²) in [6.07, 6.45) is 1.99. The van der Waals surface area contributed by atoms with Gasteiger partial charge in [-0.1, -0.05) is 27.7 Å². The molecular weight excluding hydrogens is 192 g/mol. The van der Waals surface area contributed by atoms with Crippen LogP contribution in [0.3, 0.4) is 0 Å². The summed E-state index contributed by atoms with van der Waals surface area (Å²) in [6, 6.07) is 0.536. The Bertz CT molecular complexity index is 409. The van der Waals surface area contributed by atoms with E-state index in [-0.39, 0.29) is 0 Å². The quantitative estimate of drug-likeness (QED) is 0.704. The lowest BCUT2D eigenvalue weighted by Crippen LogP contribution is -2.02. The Morgan fingerprint density at radius 1 is 1.29 bits per heavy atom. The summed E-state index contributed by atoms with van der Waals surface area (Å²) in [5.41, 5.74) is 1.93. The molecule has 1 fully saturated rings. The third-order valence-corrected chi connectivity index (χ3v) is 4.52. The molecule has 0 spiro atoms. The number of rotatable bonds is 1. The fourth-order valence-corrected chi connectivity index (χ4v) is 2.90. The van der Waals surface area contributed by atoms with E-state index in [2.05, 4.69) is 44.2 Å². The van der Waals surface area contributed by atoms with Gasteiger partial charge in [0.05, 0.1) is 0 Å². The molecule has 2 rings (SSSR count). The summed E-state index contributed by atoms with van der Waals surface area (Å²) in [7, 11) is 0. The Balaban J connectivity index is 2.51. The van der Waals surface area contributed by atoms with Crippen molar-refractivity contribution < 1.29 is 0 Å². The van der Waals surface area contributed by atoms with Crippen LogP contribution in [0.15, 0.2) is 6.20 Å². The van der Waals surface area contributed by atoms with Gasteiger partial charge in [0, 0.05) is 17.9 Å². The van der Waals surface area contributed by atoms with Crippen molar-refractivity contribution in [1.29, 1.82) is 0 Å². The van der Waals surface area contributed by atoms with Crippen molar-refractivity contribution in [2.75, 3.05) is 0 Å². The zero-order valence-electron chi connectivity index (χ0n) is 9.51.